The highest BCUT2D eigenvalue weighted by Gasteiger charge is 2.37. The summed E-state index contributed by atoms with van der Waals surface area (Å²) in [6.45, 7) is -0.00984. The molecule has 1 fully saturated rings. The summed E-state index contributed by atoms with van der Waals surface area (Å²) >= 11 is 0. The minimum atomic E-state index is -3.75. The smallest absolute Gasteiger partial charge is 0.335 e. The van der Waals surface area contributed by atoms with Crippen LogP contribution in [0.2, 0.25) is 0 Å². The van der Waals surface area contributed by atoms with E-state index in [1.807, 2.05) is 0 Å². The lowest BCUT2D eigenvalue weighted by Gasteiger charge is -2.16. The van der Waals surface area contributed by atoms with Crippen molar-refractivity contribution < 1.29 is 23.1 Å². The van der Waals surface area contributed by atoms with E-state index in [-0.39, 0.29) is 24.4 Å². The molecule has 7 nitrogen and oxygen atoms in total. The van der Waals surface area contributed by atoms with Crippen LogP contribution in [0.25, 0.3) is 0 Å². The number of hydrogen-bond donors (Lipinski definition) is 2. The van der Waals surface area contributed by atoms with Gasteiger partial charge in [-0.25, -0.2) is 18.4 Å². The van der Waals surface area contributed by atoms with E-state index in [2.05, 4.69) is 0 Å². The van der Waals surface area contributed by atoms with Crippen LogP contribution in [0.3, 0.4) is 0 Å². The molecule has 0 aliphatic carbocycles. The zero-order valence-corrected chi connectivity index (χ0v) is 10.6. The molecule has 1 aliphatic rings. The molecule has 0 aromatic heterocycles. The quantitative estimate of drug-likeness (QED) is 0.795. The van der Waals surface area contributed by atoms with Gasteiger partial charge in [-0.2, -0.15) is 0 Å². The number of nitrogens with zero attached hydrogens (tertiary/aromatic N) is 1. The number of rotatable bonds is 3. The molecule has 1 aromatic carbocycles. The van der Waals surface area contributed by atoms with E-state index in [1.165, 1.54) is 29.2 Å². The monoisotopic (exact) mass is 284 g/mol. The van der Waals surface area contributed by atoms with Crippen LogP contribution in [-0.4, -0.2) is 37.2 Å². The number of nitrogens with two attached hydrogens (primary N) is 1. The minimum absolute atomic E-state index is 0.00984. The van der Waals surface area contributed by atoms with E-state index in [4.69, 9.17) is 10.2 Å². The maximum atomic E-state index is 11.7. The number of aromatic carboxylic acids is 1. The molecule has 1 aromatic rings. The number of anilines is 1. The maximum absolute atomic E-state index is 11.7. The number of hydrogen-bond acceptors (Lipinski definition) is 4. The number of sulfonamides is 1. The normalized spacial score (nSPS) is 19.7. The minimum Gasteiger partial charge on any atom is -0.478 e. The lowest BCUT2D eigenvalue weighted by Crippen LogP contribution is -2.32. The average molecular weight is 284 g/mol. The number of benzene rings is 1. The summed E-state index contributed by atoms with van der Waals surface area (Å²) in [5.74, 6) is -1.41. The molecular weight excluding hydrogens is 272 g/mol. The Morgan fingerprint density at radius 1 is 1.32 bits per heavy atom. The third-order valence-corrected chi connectivity index (χ3v) is 4.23. The van der Waals surface area contributed by atoms with Gasteiger partial charge in [-0.3, -0.25) is 4.79 Å². The molecule has 1 aliphatic heterocycles. The molecule has 0 spiro atoms. The van der Waals surface area contributed by atoms with E-state index >= 15 is 0 Å². The van der Waals surface area contributed by atoms with Gasteiger partial charge in [0.25, 0.3) is 0 Å². The standard InChI is InChI=1S/C11H12N2O5S/c12-19(17,18)9-5-10(14)13(6-9)8-3-1-7(2-4-8)11(15)16/h1-4,9H,5-6H2,(H,15,16)(H2,12,17,18). The Balaban J connectivity index is 2.23. The maximum Gasteiger partial charge on any atom is 0.335 e. The fourth-order valence-electron chi connectivity index (χ4n) is 1.93. The van der Waals surface area contributed by atoms with Crippen LogP contribution in [0.4, 0.5) is 5.69 Å². The van der Waals surface area contributed by atoms with Gasteiger partial charge in [0.15, 0.2) is 0 Å². The Labute approximate surface area is 109 Å². The van der Waals surface area contributed by atoms with Gasteiger partial charge in [0.05, 0.1) is 5.56 Å². The van der Waals surface area contributed by atoms with Crippen LogP contribution in [0.5, 0.6) is 0 Å². The van der Waals surface area contributed by atoms with Gasteiger partial charge in [-0.15, -0.1) is 0 Å². The second-order valence-corrected chi connectivity index (χ2v) is 6.12. The molecule has 0 bridgehead atoms. The van der Waals surface area contributed by atoms with E-state index in [0.717, 1.165) is 0 Å². The second kappa shape index (κ2) is 4.63. The molecule has 102 valence electrons. The SMILES string of the molecule is NS(=O)(=O)C1CC(=O)N(c2ccc(C(=O)O)cc2)C1. The van der Waals surface area contributed by atoms with E-state index < -0.39 is 21.2 Å². The first-order chi connectivity index (χ1) is 8.79. The number of carboxylic acid groups (broad SMARTS) is 1. The highest BCUT2D eigenvalue weighted by atomic mass is 32.2. The number of primary sulfonamides is 1. The van der Waals surface area contributed by atoms with Gasteiger partial charge in [-0.05, 0) is 24.3 Å². The van der Waals surface area contributed by atoms with Crippen molar-refractivity contribution in [1.82, 2.24) is 0 Å². The summed E-state index contributed by atoms with van der Waals surface area (Å²) in [4.78, 5) is 23.7. The second-order valence-electron chi connectivity index (χ2n) is 4.27. The average Bonchev–Trinajstić information content (AvgIpc) is 2.71. The summed E-state index contributed by atoms with van der Waals surface area (Å²) in [7, 11) is -3.75. The van der Waals surface area contributed by atoms with Crippen LogP contribution >= 0.6 is 0 Å². The molecule has 8 heteroatoms. The van der Waals surface area contributed by atoms with Crippen molar-refractivity contribution in [2.24, 2.45) is 5.14 Å². The van der Waals surface area contributed by atoms with Gasteiger partial charge in [0, 0.05) is 18.7 Å². The van der Waals surface area contributed by atoms with Crippen molar-refractivity contribution in [3.05, 3.63) is 29.8 Å². The van der Waals surface area contributed by atoms with Crippen LogP contribution < -0.4 is 10.0 Å². The van der Waals surface area contributed by atoms with Gasteiger partial charge in [-0.1, -0.05) is 0 Å². The lowest BCUT2D eigenvalue weighted by atomic mass is 10.2. The van der Waals surface area contributed by atoms with Crippen LogP contribution in [0.15, 0.2) is 24.3 Å². The summed E-state index contributed by atoms with van der Waals surface area (Å²) in [5.41, 5.74) is 0.555. The Morgan fingerprint density at radius 2 is 1.89 bits per heavy atom. The van der Waals surface area contributed by atoms with E-state index in [0.29, 0.717) is 5.69 Å². The van der Waals surface area contributed by atoms with Gasteiger partial charge >= 0.3 is 5.97 Å². The van der Waals surface area contributed by atoms with Gasteiger partial charge in [0.1, 0.15) is 5.25 Å². The van der Waals surface area contributed by atoms with Crippen LogP contribution in [0, 0.1) is 0 Å². The predicted octanol–water partition coefficient (Wildman–Crippen LogP) is -0.221. The Hall–Kier alpha value is -1.93. The van der Waals surface area contributed by atoms with E-state index in [1.54, 1.807) is 0 Å². The summed E-state index contributed by atoms with van der Waals surface area (Å²) < 4.78 is 22.4. The Kier molecular flexibility index (Phi) is 3.29. The van der Waals surface area contributed by atoms with E-state index in [9.17, 15) is 18.0 Å². The van der Waals surface area contributed by atoms with Crippen molar-refractivity contribution in [1.29, 1.82) is 0 Å². The molecule has 1 heterocycles. The third kappa shape index (κ3) is 2.74. The fourth-order valence-corrected chi connectivity index (χ4v) is 2.66. The van der Waals surface area contributed by atoms with Crippen LogP contribution in [-0.2, 0) is 14.8 Å². The summed E-state index contributed by atoms with van der Waals surface area (Å²) in [5, 5.41) is 12.9. The molecule has 3 N–H and O–H groups in total. The highest BCUT2D eigenvalue weighted by Crippen LogP contribution is 2.24. The van der Waals surface area contributed by atoms with Crippen molar-refractivity contribution in [2.45, 2.75) is 11.7 Å². The predicted molar refractivity (Wildman–Crippen MR) is 67.3 cm³/mol. The van der Waals surface area contributed by atoms with Gasteiger partial charge in [0.2, 0.25) is 15.9 Å². The topological polar surface area (TPSA) is 118 Å². The zero-order chi connectivity index (χ0) is 14.2. The number of amides is 1. The molecule has 0 saturated carbocycles. The van der Waals surface area contributed by atoms with Crippen LogP contribution in [0.1, 0.15) is 16.8 Å². The van der Waals surface area contributed by atoms with Crippen molar-refractivity contribution in [2.75, 3.05) is 11.4 Å². The Morgan fingerprint density at radius 3 is 2.32 bits per heavy atom. The first-order valence-electron chi connectivity index (χ1n) is 5.44. The van der Waals surface area contributed by atoms with Gasteiger partial charge < -0.3 is 10.0 Å². The molecule has 0 radical (unpaired) electrons. The molecule has 19 heavy (non-hydrogen) atoms. The summed E-state index contributed by atoms with van der Waals surface area (Å²) in [6, 6.07) is 5.64. The number of carbonyl (C=O) groups is 2. The van der Waals surface area contributed by atoms with Crippen molar-refractivity contribution in [3.8, 4) is 0 Å². The van der Waals surface area contributed by atoms with Crippen molar-refractivity contribution >= 4 is 27.6 Å². The molecule has 1 unspecified atom stereocenters. The molecule has 1 atom stereocenters. The summed E-state index contributed by atoms with van der Waals surface area (Å²) in [6.07, 6.45) is -0.153. The first-order valence-corrected chi connectivity index (χ1v) is 7.05. The fraction of sp³-hybridized carbons (Fsp3) is 0.273. The number of carbonyl (C=O) groups excluding carboxylic acids is 1. The molecular formula is C11H12N2O5S. The third-order valence-electron chi connectivity index (χ3n) is 2.98. The first kappa shape index (κ1) is 13.5. The zero-order valence-electron chi connectivity index (χ0n) is 9.81. The number of carboxylic acids is 1. The molecule has 2 rings (SSSR count). The highest BCUT2D eigenvalue weighted by molar-refractivity contribution is 7.89. The lowest BCUT2D eigenvalue weighted by molar-refractivity contribution is -0.117. The van der Waals surface area contributed by atoms with Crippen molar-refractivity contribution in [3.63, 3.8) is 0 Å². The Bertz CT molecular complexity index is 623. The largest absolute Gasteiger partial charge is 0.478 e. The molecule has 1 amide bonds. The molecule has 1 saturated heterocycles.